The fourth-order valence-electron chi connectivity index (χ4n) is 2.34. The molecule has 0 saturated carbocycles. The minimum absolute atomic E-state index is 0.131. The van der Waals surface area contributed by atoms with E-state index in [2.05, 4.69) is 10.3 Å². The Bertz CT molecular complexity index is 630. The smallest absolute Gasteiger partial charge is 0.244 e. The standard InChI is InChI=1S/C16H17N3O2/c1-19-10-8-14(16(19)20)18-12-5-4-6-13(11-12)21-15-7-2-3-9-17-15/h2-7,9,11,14,18H,8,10H2,1H3/t14-/m1/s1. The molecule has 1 aliphatic rings. The number of likely N-dealkylation sites (N-methyl/N-ethyl adjacent to an activating group) is 1. The van der Waals surface area contributed by atoms with Gasteiger partial charge in [0.25, 0.3) is 0 Å². The zero-order valence-electron chi connectivity index (χ0n) is 11.8. The molecule has 2 heterocycles. The molecule has 0 unspecified atom stereocenters. The van der Waals surface area contributed by atoms with E-state index in [4.69, 9.17) is 4.74 Å². The van der Waals surface area contributed by atoms with Crippen LogP contribution in [0.15, 0.2) is 48.7 Å². The van der Waals surface area contributed by atoms with Gasteiger partial charge in [0.15, 0.2) is 0 Å². The molecule has 2 aromatic rings. The third kappa shape index (κ3) is 3.13. The number of hydrogen-bond donors (Lipinski definition) is 1. The molecule has 3 rings (SSSR count). The average Bonchev–Trinajstić information content (AvgIpc) is 2.81. The minimum atomic E-state index is -0.153. The molecule has 1 amide bonds. The van der Waals surface area contributed by atoms with Crippen molar-refractivity contribution in [1.82, 2.24) is 9.88 Å². The fraction of sp³-hybridized carbons (Fsp3) is 0.250. The number of nitrogens with zero attached hydrogens (tertiary/aromatic N) is 2. The van der Waals surface area contributed by atoms with E-state index >= 15 is 0 Å². The SMILES string of the molecule is CN1CC[C@@H](Nc2cccc(Oc3ccccn3)c2)C1=O. The number of carbonyl (C=O) groups is 1. The van der Waals surface area contributed by atoms with Crippen molar-refractivity contribution in [1.29, 1.82) is 0 Å². The largest absolute Gasteiger partial charge is 0.439 e. The van der Waals surface area contributed by atoms with Crippen molar-refractivity contribution in [3.05, 3.63) is 48.7 Å². The molecular weight excluding hydrogens is 266 g/mol. The van der Waals surface area contributed by atoms with Crippen LogP contribution in [0.2, 0.25) is 0 Å². The van der Waals surface area contributed by atoms with Gasteiger partial charge in [-0.15, -0.1) is 0 Å². The number of amides is 1. The molecule has 5 nitrogen and oxygen atoms in total. The van der Waals surface area contributed by atoms with E-state index in [0.29, 0.717) is 11.6 Å². The van der Waals surface area contributed by atoms with Crippen molar-refractivity contribution >= 4 is 11.6 Å². The summed E-state index contributed by atoms with van der Waals surface area (Å²) in [6, 6.07) is 12.9. The van der Waals surface area contributed by atoms with Gasteiger partial charge in [-0.3, -0.25) is 4.79 Å². The van der Waals surface area contributed by atoms with Crippen LogP contribution in [-0.2, 0) is 4.79 Å². The molecule has 1 aromatic carbocycles. The van der Waals surface area contributed by atoms with Gasteiger partial charge in [0, 0.05) is 37.6 Å². The van der Waals surface area contributed by atoms with Crippen LogP contribution in [-0.4, -0.2) is 35.4 Å². The first-order valence-corrected chi connectivity index (χ1v) is 6.93. The number of nitrogens with one attached hydrogen (secondary N) is 1. The third-order valence-electron chi connectivity index (χ3n) is 3.46. The molecule has 1 aromatic heterocycles. The van der Waals surface area contributed by atoms with E-state index in [1.165, 1.54) is 0 Å². The summed E-state index contributed by atoms with van der Waals surface area (Å²) in [5, 5.41) is 3.26. The molecule has 1 atom stereocenters. The summed E-state index contributed by atoms with van der Waals surface area (Å²) in [6.45, 7) is 0.792. The molecule has 1 fully saturated rings. The van der Waals surface area contributed by atoms with Gasteiger partial charge in [-0.2, -0.15) is 0 Å². The quantitative estimate of drug-likeness (QED) is 0.936. The summed E-state index contributed by atoms with van der Waals surface area (Å²) in [5.41, 5.74) is 0.872. The van der Waals surface area contributed by atoms with E-state index in [9.17, 15) is 4.79 Å². The number of hydrogen-bond acceptors (Lipinski definition) is 4. The van der Waals surface area contributed by atoms with Crippen molar-refractivity contribution in [2.45, 2.75) is 12.5 Å². The van der Waals surface area contributed by atoms with Gasteiger partial charge in [0.1, 0.15) is 11.8 Å². The number of pyridine rings is 1. The lowest BCUT2D eigenvalue weighted by Gasteiger charge is -2.14. The number of carbonyl (C=O) groups excluding carboxylic acids is 1. The van der Waals surface area contributed by atoms with Gasteiger partial charge >= 0.3 is 0 Å². The Morgan fingerprint density at radius 3 is 2.90 bits per heavy atom. The van der Waals surface area contributed by atoms with Crippen LogP contribution in [0.5, 0.6) is 11.6 Å². The molecule has 108 valence electrons. The number of ether oxygens (including phenoxy) is 1. The molecule has 0 spiro atoms. The zero-order chi connectivity index (χ0) is 14.7. The molecule has 1 aliphatic heterocycles. The number of rotatable bonds is 4. The van der Waals surface area contributed by atoms with Crippen molar-refractivity contribution in [2.24, 2.45) is 0 Å². The second-order valence-electron chi connectivity index (χ2n) is 5.04. The van der Waals surface area contributed by atoms with Gasteiger partial charge in [-0.1, -0.05) is 12.1 Å². The first-order valence-electron chi connectivity index (χ1n) is 6.93. The van der Waals surface area contributed by atoms with Gasteiger partial charge in [0.2, 0.25) is 11.8 Å². The van der Waals surface area contributed by atoms with E-state index in [-0.39, 0.29) is 11.9 Å². The molecule has 21 heavy (non-hydrogen) atoms. The van der Waals surface area contributed by atoms with Crippen LogP contribution in [0.4, 0.5) is 5.69 Å². The first kappa shape index (κ1) is 13.4. The molecule has 0 bridgehead atoms. The Kier molecular flexibility index (Phi) is 3.73. The highest BCUT2D eigenvalue weighted by Crippen LogP contribution is 2.24. The van der Waals surface area contributed by atoms with E-state index < -0.39 is 0 Å². The highest BCUT2D eigenvalue weighted by molar-refractivity contribution is 5.86. The lowest BCUT2D eigenvalue weighted by molar-refractivity contribution is -0.127. The van der Waals surface area contributed by atoms with Crippen LogP contribution in [0, 0.1) is 0 Å². The van der Waals surface area contributed by atoms with Gasteiger partial charge in [-0.25, -0.2) is 4.98 Å². The number of benzene rings is 1. The van der Waals surface area contributed by atoms with Crippen molar-refractivity contribution in [3.8, 4) is 11.6 Å². The Balaban J connectivity index is 1.70. The molecule has 1 saturated heterocycles. The van der Waals surface area contributed by atoms with Gasteiger partial charge < -0.3 is 15.0 Å². The minimum Gasteiger partial charge on any atom is -0.439 e. The third-order valence-corrected chi connectivity index (χ3v) is 3.46. The summed E-state index contributed by atoms with van der Waals surface area (Å²) < 4.78 is 5.68. The van der Waals surface area contributed by atoms with Crippen LogP contribution in [0.25, 0.3) is 0 Å². The summed E-state index contributed by atoms with van der Waals surface area (Å²) >= 11 is 0. The second-order valence-corrected chi connectivity index (χ2v) is 5.04. The maximum Gasteiger partial charge on any atom is 0.244 e. The van der Waals surface area contributed by atoms with Crippen molar-refractivity contribution in [2.75, 3.05) is 18.9 Å². The first-order chi connectivity index (χ1) is 10.2. The van der Waals surface area contributed by atoms with Crippen LogP contribution in [0.3, 0.4) is 0 Å². The molecule has 0 aliphatic carbocycles. The van der Waals surface area contributed by atoms with E-state index in [0.717, 1.165) is 18.7 Å². The average molecular weight is 283 g/mol. The number of likely N-dealkylation sites (tertiary alicyclic amines) is 1. The monoisotopic (exact) mass is 283 g/mol. The second kappa shape index (κ2) is 5.83. The number of aromatic nitrogens is 1. The Labute approximate surface area is 123 Å². The normalized spacial score (nSPS) is 17.9. The van der Waals surface area contributed by atoms with Crippen LogP contribution < -0.4 is 10.1 Å². The van der Waals surface area contributed by atoms with E-state index in [1.54, 1.807) is 17.2 Å². The molecular formula is C16H17N3O2. The Morgan fingerprint density at radius 1 is 1.29 bits per heavy atom. The lowest BCUT2D eigenvalue weighted by atomic mass is 10.2. The predicted octanol–water partition coefficient (Wildman–Crippen LogP) is 2.52. The molecule has 1 N–H and O–H groups in total. The lowest BCUT2D eigenvalue weighted by Crippen LogP contribution is -2.30. The molecule has 0 radical (unpaired) electrons. The maximum atomic E-state index is 11.9. The number of anilines is 1. The highest BCUT2D eigenvalue weighted by atomic mass is 16.5. The van der Waals surface area contributed by atoms with Gasteiger partial charge in [-0.05, 0) is 24.6 Å². The maximum absolute atomic E-state index is 11.9. The van der Waals surface area contributed by atoms with E-state index in [1.807, 2.05) is 43.4 Å². The van der Waals surface area contributed by atoms with Crippen LogP contribution >= 0.6 is 0 Å². The van der Waals surface area contributed by atoms with Gasteiger partial charge in [0.05, 0.1) is 0 Å². The highest BCUT2D eigenvalue weighted by Gasteiger charge is 2.28. The predicted molar refractivity (Wildman–Crippen MR) is 80.4 cm³/mol. The summed E-state index contributed by atoms with van der Waals surface area (Å²) in [5.74, 6) is 1.37. The summed E-state index contributed by atoms with van der Waals surface area (Å²) in [7, 11) is 1.82. The Hall–Kier alpha value is -2.56. The fourth-order valence-corrected chi connectivity index (χ4v) is 2.34. The molecule has 5 heteroatoms. The summed E-state index contributed by atoms with van der Waals surface area (Å²) in [6.07, 6.45) is 2.51. The zero-order valence-corrected chi connectivity index (χ0v) is 11.8. The topological polar surface area (TPSA) is 54.5 Å². The van der Waals surface area contributed by atoms with Crippen molar-refractivity contribution < 1.29 is 9.53 Å². The summed E-state index contributed by atoms with van der Waals surface area (Å²) in [4.78, 5) is 17.8. The van der Waals surface area contributed by atoms with Crippen LogP contribution in [0.1, 0.15) is 6.42 Å². The Morgan fingerprint density at radius 2 is 2.19 bits per heavy atom. The van der Waals surface area contributed by atoms with Crippen molar-refractivity contribution in [3.63, 3.8) is 0 Å².